The van der Waals surface area contributed by atoms with Crippen molar-refractivity contribution in [1.29, 1.82) is 0 Å². The van der Waals surface area contributed by atoms with Gasteiger partial charge < -0.3 is 15.1 Å². The average molecular weight is 277 g/mol. The summed E-state index contributed by atoms with van der Waals surface area (Å²) < 4.78 is 0. The van der Waals surface area contributed by atoms with Crippen LogP contribution in [0.15, 0.2) is 35.2 Å². The summed E-state index contributed by atoms with van der Waals surface area (Å²) in [5.74, 6) is 0.962. The Hall–Kier alpha value is -1.20. The van der Waals surface area contributed by atoms with Gasteiger partial charge in [0.25, 0.3) is 0 Å². The highest BCUT2D eigenvalue weighted by molar-refractivity contribution is 7.99. The van der Waals surface area contributed by atoms with Crippen LogP contribution in [0.1, 0.15) is 0 Å². The Labute approximate surface area is 118 Å². The summed E-state index contributed by atoms with van der Waals surface area (Å²) in [7, 11) is 0. The van der Waals surface area contributed by atoms with Crippen LogP contribution in [0.4, 0.5) is 4.79 Å². The third-order valence-corrected chi connectivity index (χ3v) is 4.66. The maximum Gasteiger partial charge on any atom is 0.320 e. The molecule has 0 saturated carbocycles. The number of hydrogen-bond donors (Lipinski definition) is 1. The van der Waals surface area contributed by atoms with Gasteiger partial charge in [-0.1, -0.05) is 18.2 Å². The fraction of sp³-hybridized carbons (Fsp3) is 0.500. The molecule has 0 spiro atoms. The molecule has 102 valence electrons. The second kappa shape index (κ2) is 5.84. The molecule has 0 aromatic heterocycles. The second-order valence-corrected chi connectivity index (χ2v) is 6.11. The number of carbonyl (C=O) groups excluding carboxylic acids is 1. The lowest BCUT2D eigenvalue weighted by Gasteiger charge is -2.28. The Morgan fingerprint density at radius 3 is 2.95 bits per heavy atom. The second-order valence-electron chi connectivity index (χ2n) is 4.94. The Bertz CT molecular complexity index is 440. The number of amides is 2. The quantitative estimate of drug-likeness (QED) is 0.847. The van der Waals surface area contributed by atoms with Crippen LogP contribution in [-0.4, -0.2) is 60.3 Å². The lowest BCUT2D eigenvalue weighted by atomic mass is 10.2. The van der Waals surface area contributed by atoms with Crippen LogP contribution >= 0.6 is 11.8 Å². The molecule has 0 bridgehead atoms. The molecule has 1 unspecified atom stereocenters. The number of nitrogens with zero attached hydrogens (tertiary/aromatic N) is 2. The van der Waals surface area contributed by atoms with E-state index in [9.17, 15) is 4.79 Å². The van der Waals surface area contributed by atoms with Gasteiger partial charge in [-0.05, 0) is 12.1 Å². The maximum absolute atomic E-state index is 12.2. The van der Waals surface area contributed by atoms with Crippen molar-refractivity contribution >= 4 is 17.8 Å². The van der Waals surface area contributed by atoms with Crippen molar-refractivity contribution < 1.29 is 4.79 Å². The van der Waals surface area contributed by atoms with E-state index in [1.54, 1.807) is 0 Å². The van der Waals surface area contributed by atoms with Gasteiger partial charge in [-0.15, -0.1) is 11.8 Å². The fourth-order valence-corrected chi connectivity index (χ4v) is 3.56. The molecule has 2 aliphatic heterocycles. The first-order valence-electron chi connectivity index (χ1n) is 6.79. The summed E-state index contributed by atoms with van der Waals surface area (Å²) in [4.78, 5) is 17.5. The average Bonchev–Trinajstić information content (AvgIpc) is 2.78. The molecule has 5 heteroatoms. The van der Waals surface area contributed by atoms with Crippen LogP contribution in [0.3, 0.4) is 0 Å². The lowest BCUT2D eigenvalue weighted by Crippen LogP contribution is -2.49. The van der Waals surface area contributed by atoms with Gasteiger partial charge in [0.1, 0.15) is 0 Å². The largest absolute Gasteiger partial charge is 0.322 e. The summed E-state index contributed by atoms with van der Waals surface area (Å²) >= 11 is 1.81. The predicted molar refractivity (Wildman–Crippen MR) is 77.5 cm³/mol. The van der Waals surface area contributed by atoms with E-state index in [4.69, 9.17) is 0 Å². The molecular formula is C14H19N3OS. The van der Waals surface area contributed by atoms with Crippen molar-refractivity contribution in [3.63, 3.8) is 0 Å². The highest BCUT2D eigenvalue weighted by atomic mass is 32.2. The van der Waals surface area contributed by atoms with E-state index < -0.39 is 0 Å². The lowest BCUT2D eigenvalue weighted by molar-refractivity contribution is 0.180. The Balaban J connectivity index is 1.49. The Kier molecular flexibility index (Phi) is 3.94. The van der Waals surface area contributed by atoms with Gasteiger partial charge in [-0.3, -0.25) is 0 Å². The molecule has 0 aliphatic carbocycles. The van der Waals surface area contributed by atoms with Gasteiger partial charge in [-0.25, -0.2) is 4.79 Å². The molecule has 3 rings (SSSR count). The van der Waals surface area contributed by atoms with Crippen molar-refractivity contribution in [1.82, 2.24) is 15.1 Å². The molecule has 2 saturated heterocycles. The number of urea groups is 1. The van der Waals surface area contributed by atoms with E-state index in [0.29, 0.717) is 6.04 Å². The summed E-state index contributed by atoms with van der Waals surface area (Å²) in [6.07, 6.45) is 0. The molecule has 1 aromatic rings. The number of thioether (sulfide) groups is 1. The normalized spacial score (nSPS) is 22.7. The molecule has 2 heterocycles. The number of carbonyl (C=O) groups is 1. The van der Waals surface area contributed by atoms with Gasteiger partial charge in [0.2, 0.25) is 0 Å². The standard InChI is InChI=1S/C14H19N3OS/c18-14-16(11-12-10-15-6-7-17(12)14)8-9-19-13-4-2-1-3-5-13/h1-5,12,15H,6-11H2. The molecule has 1 N–H and O–H groups in total. The van der Waals surface area contributed by atoms with Gasteiger partial charge in [0.15, 0.2) is 0 Å². The highest BCUT2D eigenvalue weighted by Crippen LogP contribution is 2.20. The van der Waals surface area contributed by atoms with Crippen molar-refractivity contribution in [2.45, 2.75) is 10.9 Å². The molecular weight excluding hydrogens is 258 g/mol. The van der Waals surface area contributed by atoms with Crippen molar-refractivity contribution in [2.75, 3.05) is 38.5 Å². The Morgan fingerprint density at radius 1 is 1.32 bits per heavy atom. The summed E-state index contributed by atoms with van der Waals surface area (Å²) in [6.45, 7) is 4.43. The van der Waals surface area contributed by atoms with Gasteiger partial charge >= 0.3 is 6.03 Å². The minimum absolute atomic E-state index is 0.222. The summed E-state index contributed by atoms with van der Waals surface area (Å²) in [5, 5.41) is 3.35. The van der Waals surface area contributed by atoms with Crippen LogP contribution in [-0.2, 0) is 0 Å². The number of hydrogen-bond acceptors (Lipinski definition) is 3. The topological polar surface area (TPSA) is 35.6 Å². The maximum atomic E-state index is 12.2. The molecule has 1 atom stereocenters. The number of benzene rings is 1. The smallest absolute Gasteiger partial charge is 0.320 e. The molecule has 2 amide bonds. The van der Waals surface area contributed by atoms with Crippen molar-refractivity contribution in [3.8, 4) is 0 Å². The zero-order valence-electron chi connectivity index (χ0n) is 10.9. The zero-order chi connectivity index (χ0) is 13.1. The van der Waals surface area contributed by atoms with E-state index in [0.717, 1.165) is 38.5 Å². The highest BCUT2D eigenvalue weighted by Gasteiger charge is 2.37. The molecule has 0 radical (unpaired) electrons. The van der Waals surface area contributed by atoms with Crippen molar-refractivity contribution in [3.05, 3.63) is 30.3 Å². The molecule has 4 nitrogen and oxygen atoms in total. The predicted octanol–water partition coefficient (Wildman–Crippen LogP) is 1.49. The molecule has 2 aliphatic rings. The zero-order valence-corrected chi connectivity index (χ0v) is 11.7. The van der Waals surface area contributed by atoms with Gasteiger partial charge in [0, 0.05) is 43.4 Å². The first-order valence-corrected chi connectivity index (χ1v) is 7.77. The molecule has 19 heavy (non-hydrogen) atoms. The third-order valence-electron chi connectivity index (χ3n) is 3.67. The minimum Gasteiger partial charge on any atom is -0.322 e. The number of piperazine rings is 1. The first kappa shape index (κ1) is 12.8. The van der Waals surface area contributed by atoms with E-state index in [1.807, 2.05) is 27.6 Å². The number of rotatable bonds is 4. The van der Waals surface area contributed by atoms with Crippen molar-refractivity contribution in [2.24, 2.45) is 0 Å². The minimum atomic E-state index is 0.222. The van der Waals surface area contributed by atoms with E-state index in [1.165, 1.54) is 4.90 Å². The third kappa shape index (κ3) is 2.87. The summed E-state index contributed by atoms with van der Waals surface area (Å²) in [6, 6.07) is 11.0. The molecule has 1 aromatic carbocycles. The van der Waals surface area contributed by atoms with E-state index in [-0.39, 0.29) is 6.03 Å². The van der Waals surface area contributed by atoms with Crippen LogP contribution in [0.5, 0.6) is 0 Å². The number of nitrogens with one attached hydrogen (secondary N) is 1. The summed E-state index contributed by atoms with van der Waals surface area (Å²) in [5.41, 5.74) is 0. The van der Waals surface area contributed by atoms with Crippen LogP contribution in [0.25, 0.3) is 0 Å². The van der Waals surface area contributed by atoms with Crippen LogP contribution in [0, 0.1) is 0 Å². The SMILES string of the molecule is O=C1N(CCSc2ccccc2)CC2CNCCN12. The van der Waals surface area contributed by atoms with Gasteiger partial charge in [-0.2, -0.15) is 0 Å². The van der Waals surface area contributed by atoms with Crippen LogP contribution in [0.2, 0.25) is 0 Å². The van der Waals surface area contributed by atoms with Gasteiger partial charge in [0.05, 0.1) is 6.04 Å². The van der Waals surface area contributed by atoms with E-state index >= 15 is 0 Å². The monoisotopic (exact) mass is 277 g/mol. The van der Waals surface area contributed by atoms with E-state index in [2.05, 4.69) is 29.6 Å². The first-order chi connectivity index (χ1) is 9.34. The number of fused-ring (bicyclic) bond motifs is 1. The Morgan fingerprint density at radius 2 is 2.16 bits per heavy atom. The molecule has 2 fully saturated rings. The fourth-order valence-electron chi connectivity index (χ4n) is 2.67. The van der Waals surface area contributed by atoms with Crippen LogP contribution < -0.4 is 5.32 Å².